The number of para-hydroxylation sites is 2. The van der Waals surface area contributed by atoms with Gasteiger partial charge in [-0.25, -0.2) is 0 Å². The second-order valence-electron chi connectivity index (χ2n) is 4.56. The van der Waals surface area contributed by atoms with Crippen molar-refractivity contribution in [3.05, 3.63) is 24.3 Å². The Balaban J connectivity index is 3.02. The zero-order chi connectivity index (χ0) is 13.5. The van der Waals surface area contributed by atoms with Crippen molar-refractivity contribution in [1.29, 1.82) is 0 Å². The monoisotopic (exact) mass is 248 g/mol. The summed E-state index contributed by atoms with van der Waals surface area (Å²) < 4.78 is 0. The number of carbonyl (C=O) groups is 1. The van der Waals surface area contributed by atoms with E-state index in [1.807, 2.05) is 29.2 Å². The van der Waals surface area contributed by atoms with Gasteiger partial charge in [-0.2, -0.15) is 0 Å². The number of nitrogens with two attached hydrogens (primary N) is 1. The molecule has 3 nitrogen and oxygen atoms in total. The summed E-state index contributed by atoms with van der Waals surface area (Å²) in [4.78, 5) is 14.4. The molecule has 0 radical (unpaired) electrons. The lowest BCUT2D eigenvalue weighted by Gasteiger charge is -2.27. The summed E-state index contributed by atoms with van der Waals surface area (Å²) in [6, 6.07) is 7.59. The van der Waals surface area contributed by atoms with Crippen LogP contribution in [0.5, 0.6) is 0 Å². The molecular formula is C15H24N2O. The van der Waals surface area contributed by atoms with E-state index in [0.717, 1.165) is 31.5 Å². The van der Waals surface area contributed by atoms with Gasteiger partial charge in [-0.15, -0.1) is 0 Å². The van der Waals surface area contributed by atoms with Crippen LogP contribution >= 0.6 is 0 Å². The number of carbonyl (C=O) groups excluding carboxylic acids is 1. The molecule has 1 aromatic carbocycles. The predicted molar refractivity (Wildman–Crippen MR) is 77.6 cm³/mol. The maximum atomic E-state index is 12.5. The first-order valence-electron chi connectivity index (χ1n) is 6.81. The normalized spacial score (nSPS) is 10.7. The molecule has 100 valence electrons. The largest absolute Gasteiger partial charge is 0.397 e. The quantitative estimate of drug-likeness (QED) is 0.784. The molecule has 0 spiro atoms. The van der Waals surface area contributed by atoms with Gasteiger partial charge in [0.05, 0.1) is 11.4 Å². The number of nitrogens with zero attached hydrogens (tertiary/aromatic N) is 1. The van der Waals surface area contributed by atoms with Gasteiger partial charge in [0, 0.05) is 12.5 Å². The standard InChI is InChI=1S/C15H24N2O/c1-4-11-17(15(18)12(5-2)6-3)14-10-8-7-9-13(14)16/h7-10,12H,4-6,11,16H2,1-3H3. The van der Waals surface area contributed by atoms with Crippen molar-refractivity contribution in [3.63, 3.8) is 0 Å². The van der Waals surface area contributed by atoms with E-state index in [2.05, 4.69) is 20.8 Å². The van der Waals surface area contributed by atoms with E-state index in [9.17, 15) is 4.79 Å². The van der Waals surface area contributed by atoms with Crippen LogP contribution in [0.4, 0.5) is 11.4 Å². The summed E-state index contributed by atoms with van der Waals surface area (Å²) in [5.74, 6) is 0.288. The van der Waals surface area contributed by atoms with Crippen molar-refractivity contribution in [1.82, 2.24) is 0 Å². The summed E-state index contributed by atoms with van der Waals surface area (Å²) in [5.41, 5.74) is 7.49. The molecule has 2 N–H and O–H groups in total. The molecular weight excluding hydrogens is 224 g/mol. The highest BCUT2D eigenvalue weighted by Crippen LogP contribution is 2.25. The van der Waals surface area contributed by atoms with Crippen molar-refractivity contribution in [2.75, 3.05) is 17.2 Å². The zero-order valence-electron chi connectivity index (χ0n) is 11.6. The van der Waals surface area contributed by atoms with Crippen molar-refractivity contribution < 1.29 is 4.79 Å². The van der Waals surface area contributed by atoms with Gasteiger partial charge < -0.3 is 10.6 Å². The maximum absolute atomic E-state index is 12.5. The summed E-state index contributed by atoms with van der Waals surface area (Å²) in [6.07, 6.45) is 2.69. The number of benzene rings is 1. The summed E-state index contributed by atoms with van der Waals surface area (Å²) in [6.45, 7) is 6.92. The van der Waals surface area contributed by atoms with Gasteiger partial charge in [0.15, 0.2) is 0 Å². The Morgan fingerprint density at radius 2 is 1.83 bits per heavy atom. The average Bonchev–Trinajstić information content (AvgIpc) is 2.38. The van der Waals surface area contributed by atoms with Crippen molar-refractivity contribution >= 4 is 17.3 Å². The number of rotatable bonds is 6. The third-order valence-corrected chi connectivity index (χ3v) is 3.28. The molecule has 1 aromatic rings. The summed E-state index contributed by atoms with van der Waals surface area (Å²) in [7, 11) is 0. The van der Waals surface area contributed by atoms with Crippen molar-refractivity contribution in [3.8, 4) is 0 Å². The van der Waals surface area contributed by atoms with Crippen LogP contribution in [0, 0.1) is 5.92 Å². The minimum atomic E-state index is 0.0937. The topological polar surface area (TPSA) is 46.3 Å². The molecule has 0 unspecified atom stereocenters. The molecule has 0 aliphatic rings. The van der Waals surface area contributed by atoms with E-state index in [0.29, 0.717) is 5.69 Å². The first kappa shape index (κ1) is 14.6. The molecule has 0 aliphatic carbocycles. The Morgan fingerprint density at radius 1 is 1.22 bits per heavy atom. The Hall–Kier alpha value is -1.51. The number of nitrogen functional groups attached to an aromatic ring is 1. The Kier molecular flexibility index (Phi) is 5.69. The number of hydrogen-bond acceptors (Lipinski definition) is 2. The average molecular weight is 248 g/mol. The summed E-state index contributed by atoms with van der Waals surface area (Å²) in [5, 5.41) is 0. The molecule has 1 amide bonds. The number of amides is 1. The van der Waals surface area contributed by atoms with Crippen molar-refractivity contribution in [2.24, 2.45) is 5.92 Å². The van der Waals surface area contributed by atoms with Gasteiger partial charge >= 0.3 is 0 Å². The molecule has 0 fully saturated rings. The highest BCUT2D eigenvalue weighted by molar-refractivity contribution is 5.97. The molecule has 18 heavy (non-hydrogen) atoms. The van der Waals surface area contributed by atoms with Gasteiger partial charge in [-0.05, 0) is 31.4 Å². The van der Waals surface area contributed by atoms with Crippen LogP contribution < -0.4 is 10.6 Å². The Labute approximate surface area is 110 Å². The number of anilines is 2. The third-order valence-electron chi connectivity index (χ3n) is 3.28. The van der Waals surface area contributed by atoms with E-state index in [1.165, 1.54) is 0 Å². The first-order chi connectivity index (χ1) is 8.65. The molecule has 0 saturated heterocycles. The predicted octanol–water partition coefficient (Wildman–Crippen LogP) is 3.45. The van der Waals surface area contributed by atoms with Crippen LogP contribution in [0.3, 0.4) is 0 Å². The van der Waals surface area contributed by atoms with E-state index >= 15 is 0 Å². The van der Waals surface area contributed by atoms with E-state index in [1.54, 1.807) is 0 Å². The maximum Gasteiger partial charge on any atom is 0.230 e. The van der Waals surface area contributed by atoms with E-state index in [4.69, 9.17) is 5.73 Å². The van der Waals surface area contributed by atoms with Gasteiger partial charge in [0.1, 0.15) is 0 Å². The van der Waals surface area contributed by atoms with Crippen LogP contribution in [-0.4, -0.2) is 12.5 Å². The van der Waals surface area contributed by atoms with E-state index < -0.39 is 0 Å². The lowest BCUT2D eigenvalue weighted by molar-refractivity contribution is -0.122. The lowest BCUT2D eigenvalue weighted by Crippen LogP contribution is -2.37. The molecule has 0 saturated carbocycles. The summed E-state index contributed by atoms with van der Waals surface area (Å²) >= 11 is 0. The molecule has 0 aromatic heterocycles. The highest BCUT2D eigenvalue weighted by atomic mass is 16.2. The fraction of sp³-hybridized carbons (Fsp3) is 0.533. The van der Waals surface area contributed by atoms with Crippen LogP contribution in [0.1, 0.15) is 40.0 Å². The zero-order valence-corrected chi connectivity index (χ0v) is 11.6. The van der Waals surface area contributed by atoms with Crippen LogP contribution in [0.15, 0.2) is 24.3 Å². The van der Waals surface area contributed by atoms with Gasteiger partial charge in [0.25, 0.3) is 0 Å². The molecule has 0 aliphatic heterocycles. The molecule has 3 heteroatoms. The third kappa shape index (κ3) is 3.25. The first-order valence-corrected chi connectivity index (χ1v) is 6.81. The van der Waals surface area contributed by atoms with Gasteiger partial charge in [0.2, 0.25) is 5.91 Å². The number of hydrogen-bond donors (Lipinski definition) is 1. The molecule has 0 heterocycles. The molecule has 0 atom stereocenters. The fourth-order valence-electron chi connectivity index (χ4n) is 2.16. The van der Waals surface area contributed by atoms with Crippen LogP contribution in [0.2, 0.25) is 0 Å². The van der Waals surface area contributed by atoms with Crippen LogP contribution in [0.25, 0.3) is 0 Å². The van der Waals surface area contributed by atoms with E-state index in [-0.39, 0.29) is 11.8 Å². The van der Waals surface area contributed by atoms with Crippen LogP contribution in [-0.2, 0) is 4.79 Å². The molecule has 1 rings (SSSR count). The highest BCUT2D eigenvalue weighted by Gasteiger charge is 2.23. The smallest absolute Gasteiger partial charge is 0.230 e. The SMILES string of the molecule is CCCN(C(=O)C(CC)CC)c1ccccc1N. The second-order valence-corrected chi connectivity index (χ2v) is 4.56. The Bertz CT molecular complexity index is 386. The lowest BCUT2D eigenvalue weighted by atomic mass is 10.0. The Morgan fingerprint density at radius 3 is 2.33 bits per heavy atom. The second kappa shape index (κ2) is 7.04. The minimum Gasteiger partial charge on any atom is -0.397 e. The van der Waals surface area contributed by atoms with Gasteiger partial charge in [-0.1, -0.05) is 32.9 Å². The van der Waals surface area contributed by atoms with Crippen molar-refractivity contribution in [2.45, 2.75) is 40.0 Å². The fourth-order valence-corrected chi connectivity index (χ4v) is 2.16. The van der Waals surface area contributed by atoms with Gasteiger partial charge in [-0.3, -0.25) is 4.79 Å². The molecule has 0 bridgehead atoms. The minimum absolute atomic E-state index is 0.0937.